The van der Waals surface area contributed by atoms with Crippen molar-refractivity contribution in [3.8, 4) is 11.3 Å². The zero-order chi connectivity index (χ0) is 26.0. The topological polar surface area (TPSA) is 110 Å². The SMILES string of the molecule is COCc1cc(F)c(-c2nc(C(=O)Nc3cnccc3[C@H]3C[C@@H](N)[C@H](O)[C@@H](C)C3)ccc2F)c(F)c1. The second-order valence-corrected chi connectivity index (χ2v) is 9.11. The molecule has 0 saturated heterocycles. The maximum atomic E-state index is 14.7. The van der Waals surface area contributed by atoms with E-state index in [0.29, 0.717) is 18.5 Å². The predicted octanol–water partition coefficient (Wildman–Crippen LogP) is 4.16. The molecular weight excluding hydrogens is 473 g/mol. The second-order valence-electron chi connectivity index (χ2n) is 9.11. The molecule has 1 aliphatic rings. The molecule has 2 heterocycles. The monoisotopic (exact) mass is 500 g/mol. The van der Waals surface area contributed by atoms with Crippen molar-refractivity contribution in [3.63, 3.8) is 0 Å². The Morgan fingerprint density at radius 2 is 1.89 bits per heavy atom. The summed E-state index contributed by atoms with van der Waals surface area (Å²) in [6.45, 7) is 1.89. The minimum Gasteiger partial charge on any atom is -0.391 e. The Balaban J connectivity index is 1.63. The molecule has 2 aromatic heterocycles. The van der Waals surface area contributed by atoms with Crippen LogP contribution < -0.4 is 11.1 Å². The van der Waals surface area contributed by atoms with Crippen LogP contribution in [0.1, 0.15) is 47.3 Å². The van der Waals surface area contributed by atoms with Gasteiger partial charge in [0.25, 0.3) is 5.91 Å². The molecule has 10 heteroatoms. The molecule has 36 heavy (non-hydrogen) atoms. The largest absolute Gasteiger partial charge is 0.391 e. The molecule has 1 saturated carbocycles. The number of aliphatic hydroxyl groups excluding tert-OH is 1. The van der Waals surface area contributed by atoms with Crippen LogP contribution in [-0.2, 0) is 11.3 Å². The number of hydrogen-bond acceptors (Lipinski definition) is 6. The Kier molecular flexibility index (Phi) is 7.67. The molecule has 0 radical (unpaired) electrons. The van der Waals surface area contributed by atoms with E-state index in [1.807, 2.05) is 6.92 Å². The van der Waals surface area contributed by atoms with E-state index in [4.69, 9.17) is 10.5 Å². The molecular formula is C26H27F3N4O3. The zero-order valence-corrected chi connectivity index (χ0v) is 19.8. The van der Waals surface area contributed by atoms with Crippen molar-refractivity contribution in [1.82, 2.24) is 9.97 Å². The van der Waals surface area contributed by atoms with Crippen molar-refractivity contribution in [1.29, 1.82) is 0 Å². The Morgan fingerprint density at radius 3 is 2.56 bits per heavy atom. The standard InChI is InChI=1S/C26H27F3N4O3/c1-13-7-15(10-20(30)25(13)34)16-5-6-31-11-22(16)33-26(35)21-4-3-17(27)24(32-21)23-18(28)8-14(12-36-2)9-19(23)29/h3-6,8-9,11,13,15,20,25,34H,7,10,12,30H2,1-2H3,(H,33,35)/t13-,15+,20+,25+/m0/s1. The number of carbonyl (C=O) groups excluding carboxylic acids is 1. The van der Waals surface area contributed by atoms with Gasteiger partial charge in [-0.3, -0.25) is 9.78 Å². The van der Waals surface area contributed by atoms with Crippen molar-refractivity contribution in [2.24, 2.45) is 11.7 Å². The molecule has 1 amide bonds. The third-order valence-electron chi connectivity index (χ3n) is 6.51. The van der Waals surface area contributed by atoms with E-state index in [1.54, 1.807) is 12.3 Å². The summed E-state index contributed by atoms with van der Waals surface area (Å²) in [6, 6.07) is 5.50. The number of rotatable bonds is 6. The van der Waals surface area contributed by atoms with Gasteiger partial charge in [-0.15, -0.1) is 0 Å². The number of nitrogens with one attached hydrogen (secondary N) is 1. The van der Waals surface area contributed by atoms with E-state index in [1.165, 1.54) is 13.3 Å². The summed E-state index contributed by atoms with van der Waals surface area (Å²) in [7, 11) is 1.38. The molecule has 190 valence electrons. The van der Waals surface area contributed by atoms with E-state index in [0.717, 1.165) is 29.8 Å². The average Bonchev–Trinajstić information content (AvgIpc) is 2.83. The van der Waals surface area contributed by atoms with Gasteiger partial charge >= 0.3 is 0 Å². The van der Waals surface area contributed by atoms with Gasteiger partial charge in [0.2, 0.25) is 0 Å². The lowest BCUT2D eigenvalue weighted by Gasteiger charge is -2.36. The van der Waals surface area contributed by atoms with Gasteiger partial charge in [0.15, 0.2) is 0 Å². The fraction of sp³-hybridized carbons (Fsp3) is 0.346. The third kappa shape index (κ3) is 5.25. The Bertz CT molecular complexity index is 1240. The van der Waals surface area contributed by atoms with Crippen LogP contribution in [-0.4, -0.2) is 40.2 Å². The molecule has 0 unspecified atom stereocenters. The fourth-order valence-electron chi connectivity index (χ4n) is 4.73. The number of ether oxygens (including phenoxy) is 1. The van der Waals surface area contributed by atoms with Crippen LogP contribution in [0.15, 0.2) is 42.7 Å². The van der Waals surface area contributed by atoms with Crippen molar-refractivity contribution < 1.29 is 27.8 Å². The van der Waals surface area contributed by atoms with Gasteiger partial charge in [-0.2, -0.15) is 0 Å². The summed E-state index contributed by atoms with van der Waals surface area (Å²) in [6.07, 6.45) is 3.66. The molecule has 4 atom stereocenters. The van der Waals surface area contributed by atoms with Gasteiger partial charge in [-0.1, -0.05) is 6.92 Å². The van der Waals surface area contributed by atoms with Crippen LogP contribution in [0.25, 0.3) is 11.3 Å². The van der Waals surface area contributed by atoms with Crippen LogP contribution in [0.2, 0.25) is 0 Å². The number of hydrogen-bond donors (Lipinski definition) is 3. The van der Waals surface area contributed by atoms with Gasteiger partial charge in [-0.25, -0.2) is 18.2 Å². The quantitative estimate of drug-likeness (QED) is 0.469. The minimum absolute atomic E-state index is 0.0242. The third-order valence-corrected chi connectivity index (χ3v) is 6.51. The zero-order valence-electron chi connectivity index (χ0n) is 19.8. The molecule has 4 rings (SSSR count). The highest BCUT2D eigenvalue weighted by atomic mass is 19.1. The first-order chi connectivity index (χ1) is 17.2. The number of pyridine rings is 2. The van der Waals surface area contributed by atoms with E-state index >= 15 is 0 Å². The number of nitrogens with two attached hydrogens (primary N) is 1. The summed E-state index contributed by atoms with van der Waals surface area (Å²) in [4.78, 5) is 21.1. The Labute approximate surface area is 206 Å². The molecule has 0 aliphatic heterocycles. The smallest absolute Gasteiger partial charge is 0.274 e. The number of benzene rings is 1. The summed E-state index contributed by atoms with van der Waals surface area (Å²) in [5.74, 6) is -3.78. The van der Waals surface area contributed by atoms with E-state index in [9.17, 15) is 23.1 Å². The number of anilines is 1. The van der Waals surface area contributed by atoms with Crippen LogP contribution in [0.5, 0.6) is 0 Å². The normalized spacial score (nSPS) is 21.9. The average molecular weight is 501 g/mol. The lowest BCUT2D eigenvalue weighted by molar-refractivity contribution is 0.0521. The molecule has 7 nitrogen and oxygen atoms in total. The maximum Gasteiger partial charge on any atom is 0.274 e. The van der Waals surface area contributed by atoms with Gasteiger partial charge in [-0.05, 0) is 66.1 Å². The van der Waals surface area contributed by atoms with Gasteiger partial charge in [0, 0.05) is 19.3 Å². The fourth-order valence-corrected chi connectivity index (χ4v) is 4.73. The van der Waals surface area contributed by atoms with Crippen molar-refractivity contribution >= 4 is 11.6 Å². The van der Waals surface area contributed by atoms with Crippen molar-refractivity contribution in [2.45, 2.75) is 44.4 Å². The number of aromatic nitrogens is 2. The van der Waals surface area contributed by atoms with Crippen LogP contribution >= 0.6 is 0 Å². The van der Waals surface area contributed by atoms with Gasteiger partial charge in [0.05, 0.1) is 30.2 Å². The first-order valence-electron chi connectivity index (χ1n) is 11.5. The molecule has 1 fully saturated rings. The highest BCUT2D eigenvalue weighted by molar-refractivity contribution is 6.03. The second kappa shape index (κ2) is 10.7. The Hall–Kier alpha value is -3.34. The van der Waals surface area contributed by atoms with Gasteiger partial charge in [0.1, 0.15) is 28.8 Å². The summed E-state index contributed by atoms with van der Waals surface area (Å²) < 4.78 is 48.8. The number of amides is 1. The van der Waals surface area contributed by atoms with Crippen LogP contribution in [0.3, 0.4) is 0 Å². The van der Waals surface area contributed by atoms with E-state index < -0.39 is 46.8 Å². The molecule has 3 aromatic rings. The molecule has 1 aromatic carbocycles. The summed E-state index contributed by atoms with van der Waals surface area (Å²) in [5, 5.41) is 12.9. The van der Waals surface area contributed by atoms with Crippen molar-refractivity contribution in [3.05, 3.63) is 77.0 Å². The van der Waals surface area contributed by atoms with Gasteiger partial charge < -0.3 is 20.9 Å². The highest BCUT2D eigenvalue weighted by Gasteiger charge is 2.34. The lowest BCUT2D eigenvalue weighted by Crippen LogP contribution is -2.44. The number of methoxy groups -OCH3 is 1. The summed E-state index contributed by atoms with van der Waals surface area (Å²) in [5.41, 5.74) is 6.03. The first kappa shape index (κ1) is 25.7. The van der Waals surface area contributed by atoms with Crippen LogP contribution in [0, 0.1) is 23.4 Å². The minimum atomic E-state index is -1.02. The van der Waals surface area contributed by atoms with E-state index in [-0.39, 0.29) is 29.7 Å². The van der Waals surface area contributed by atoms with Crippen molar-refractivity contribution in [2.75, 3.05) is 12.4 Å². The predicted molar refractivity (Wildman–Crippen MR) is 128 cm³/mol. The molecule has 4 N–H and O–H groups in total. The molecule has 0 bridgehead atoms. The number of halogens is 3. The summed E-state index contributed by atoms with van der Waals surface area (Å²) >= 11 is 0. The maximum absolute atomic E-state index is 14.7. The molecule has 1 aliphatic carbocycles. The first-order valence-corrected chi connectivity index (χ1v) is 11.5. The molecule has 0 spiro atoms. The Morgan fingerprint density at radius 1 is 1.17 bits per heavy atom. The number of carbonyl (C=O) groups is 1. The number of nitrogens with zero attached hydrogens (tertiary/aromatic N) is 2. The van der Waals surface area contributed by atoms with E-state index in [2.05, 4.69) is 15.3 Å². The highest BCUT2D eigenvalue weighted by Crippen LogP contribution is 2.38. The lowest BCUT2D eigenvalue weighted by atomic mass is 9.74. The number of aliphatic hydroxyl groups is 1. The van der Waals surface area contributed by atoms with Crippen LogP contribution in [0.4, 0.5) is 18.9 Å².